The average Bonchev–Trinajstić information content (AvgIpc) is 3.14. The molecule has 4 N–H and O–H groups in total. The number of carbonyl (C=O) groups is 3. The SMILES string of the molecule is NC(=O)c1c(NC(=O)COC(=O)CCc2nc3ccccc3c(=O)[nH]2)sc2c1CCCC2. The van der Waals surface area contributed by atoms with Crippen molar-refractivity contribution in [2.24, 2.45) is 5.73 Å². The zero-order valence-electron chi connectivity index (χ0n) is 17.2. The van der Waals surface area contributed by atoms with E-state index in [9.17, 15) is 19.2 Å². The lowest BCUT2D eigenvalue weighted by atomic mass is 9.95. The van der Waals surface area contributed by atoms with E-state index in [0.29, 0.717) is 27.3 Å². The Balaban J connectivity index is 1.32. The fraction of sp³-hybridized carbons (Fsp3) is 0.318. The number of benzene rings is 1. The number of para-hydroxylation sites is 1. The quantitative estimate of drug-likeness (QED) is 0.466. The van der Waals surface area contributed by atoms with Crippen LogP contribution in [0.25, 0.3) is 10.9 Å². The molecule has 0 radical (unpaired) electrons. The van der Waals surface area contributed by atoms with Crippen LogP contribution in [0.3, 0.4) is 0 Å². The minimum atomic E-state index is -0.600. The molecule has 1 aliphatic carbocycles. The number of hydrogen-bond acceptors (Lipinski definition) is 7. The van der Waals surface area contributed by atoms with Crippen molar-refractivity contribution < 1.29 is 19.1 Å². The van der Waals surface area contributed by atoms with E-state index in [-0.39, 0.29) is 18.4 Å². The van der Waals surface area contributed by atoms with Gasteiger partial charge in [-0.15, -0.1) is 11.3 Å². The second-order valence-electron chi connectivity index (χ2n) is 7.52. The number of nitrogens with zero attached hydrogens (tertiary/aromatic N) is 1. The van der Waals surface area contributed by atoms with Gasteiger partial charge in [0.15, 0.2) is 6.61 Å². The first-order valence-electron chi connectivity index (χ1n) is 10.3. The van der Waals surface area contributed by atoms with E-state index in [1.165, 1.54) is 11.3 Å². The number of thiophene rings is 1. The highest BCUT2D eigenvalue weighted by Gasteiger charge is 2.25. The molecular weight excluding hydrogens is 432 g/mol. The topological polar surface area (TPSA) is 144 Å². The van der Waals surface area contributed by atoms with Gasteiger partial charge < -0.3 is 20.8 Å². The number of rotatable bonds is 7. The van der Waals surface area contributed by atoms with Gasteiger partial charge in [0, 0.05) is 11.3 Å². The number of carbonyl (C=O) groups excluding carboxylic acids is 3. The molecule has 10 heteroatoms. The summed E-state index contributed by atoms with van der Waals surface area (Å²) in [6.07, 6.45) is 3.76. The third-order valence-electron chi connectivity index (χ3n) is 5.26. The molecule has 1 aromatic carbocycles. The number of aromatic amines is 1. The largest absolute Gasteiger partial charge is 0.456 e. The zero-order chi connectivity index (χ0) is 22.7. The van der Waals surface area contributed by atoms with Crippen LogP contribution >= 0.6 is 11.3 Å². The normalized spacial score (nSPS) is 12.9. The van der Waals surface area contributed by atoms with E-state index in [1.54, 1.807) is 24.3 Å². The second-order valence-corrected chi connectivity index (χ2v) is 8.62. The second kappa shape index (κ2) is 9.31. The van der Waals surface area contributed by atoms with Gasteiger partial charge in [0.1, 0.15) is 10.8 Å². The summed E-state index contributed by atoms with van der Waals surface area (Å²) in [5.41, 5.74) is 7.06. The lowest BCUT2D eigenvalue weighted by molar-refractivity contribution is -0.147. The van der Waals surface area contributed by atoms with Crippen molar-refractivity contribution in [3.63, 3.8) is 0 Å². The van der Waals surface area contributed by atoms with Crippen LogP contribution in [0.5, 0.6) is 0 Å². The van der Waals surface area contributed by atoms with Crippen LogP contribution in [0.1, 0.15) is 45.9 Å². The number of nitrogens with two attached hydrogens (primary N) is 1. The van der Waals surface area contributed by atoms with Gasteiger partial charge in [-0.1, -0.05) is 12.1 Å². The van der Waals surface area contributed by atoms with E-state index in [0.717, 1.165) is 36.1 Å². The summed E-state index contributed by atoms with van der Waals surface area (Å²) in [5.74, 6) is -1.35. The molecule has 9 nitrogen and oxygen atoms in total. The fourth-order valence-electron chi connectivity index (χ4n) is 3.77. The van der Waals surface area contributed by atoms with Crippen LogP contribution in [-0.4, -0.2) is 34.4 Å². The number of primary amides is 1. The van der Waals surface area contributed by atoms with Gasteiger partial charge in [-0.3, -0.25) is 19.2 Å². The van der Waals surface area contributed by atoms with Gasteiger partial charge in [0.05, 0.1) is 22.9 Å². The minimum absolute atomic E-state index is 0.0472. The molecule has 0 bridgehead atoms. The molecule has 32 heavy (non-hydrogen) atoms. The third kappa shape index (κ3) is 4.70. The number of fused-ring (bicyclic) bond motifs is 2. The Kier molecular flexibility index (Phi) is 6.31. The number of aromatic nitrogens is 2. The molecule has 1 aliphatic rings. The Morgan fingerprint density at radius 3 is 2.78 bits per heavy atom. The van der Waals surface area contributed by atoms with E-state index >= 15 is 0 Å². The van der Waals surface area contributed by atoms with Gasteiger partial charge in [0.2, 0.25) is 0 Å². The number of amides is 2. The summed E-state index contributed by atoms with van der Waals surface area (Å²) in [6, 6.07) is 6.92. The van der Waals surface area contributed by atoms with E-state index < -0.39 is 24.4 Å². The third-order valence-corrected chi connectivity index (χ3v) is 6.47. The molecule has 2 aromatic heterocycles. The number of esters is 1. The fourth-order valence-corrected chi connectivity index (χ4v) is 5.08. The lowest BCUT2D eigenvalue weighted by Gasteiger charge is -2.11. The molecule has 2 heterocycles. The van der Waals surface area contributed by atoms with Crippen molar-refractivity contribution in [1.82, 2.24) is 9.97 Å². The van der Waals surface area contributed by atoms with Crippen LogP contribution in [-0.2, 0) is 33.6 Å². The number of nitrogens with one attached hydrogen (secondary N) is 2. The molecule has 2 amide bonds. The molecule has 3 aromatic rings. The summed E-state index contributed by atoms with van der Waals surface area (Å²) < 4.78 is 5.04. The molecule has 0 unspecified atom stereocenters. The Morgan fingerprint density at radius 1 is 1.19 bits per heavy atom. The van der Waals surface area contributed by atoms with Crippen LogP contribution < -0.4 is 16.6 Å². The van der Waals surface area contributed by atoms with Gasteiger partial charge in [-0.25, -0.2) is 4.98 Å². The van der Waals surface area contributed by atoms with Gasteiger partial charge >= 0.3 is 5.97 Å². The number of ether oxygens (including phenoxy) is 1. The molecule has 166 valence electrons. The van der Waals surface area contributed by atoms with E-state index in [4.69, 9.17) is 10.5 Å². The highest BCUT2D eigenvalue weighted by atomic mass is 32.1. The smallest absolute Gasteiger partial charge is 0.306 e. The molecule has 0 aliphatic heterocycles. The van der Waals surface area contributed by atoms with Gasteiger partial charge in [0.25, 0.3) is 17.4 Å². The van der Waals surface area contributed by atoms with Crippen molar-refractivity contribution in [2.75, 3.05) is 11.9 Å². The van der Waals surface area contributed by atoms with Crippen LogP contribution in [0.15, 0.2) is 29.1 Å². The molecule has 0 atom stereocenters. The Labute approximate surface area is 187 Å². The van der Waals surface area contributed by atoms with Crippen LogP contribution in [0.2, 0.25) is 0 Å². The number of hydrogen-bond donors (Lipinski definition) is 3. The predicted molar refractivity (Wildman–Crippen MR) is 120 cm³/mol. The maximum Gasteiger partial charge on any atom is 0.306 e. The number of H-pyrrole nitrogens is 1. The van der Waals surface area contributed by atoms with Gasteiger partial charge in [-0.05, 0) is 43.4 Å². The maximum atomic E-state index is 12.3. The monoisotopic (exact) mass is 454 g/mol. The summed E-state index contributed by atoms with van der Waals surface area (Å²) in [4.78, 5) is 56.4. The first-order valence-corrected chi connectivity index (χ1v) is 11.1. The van der Waals surface area contributed by atoms with Crippen molar-refractivity contribution in [3.8, 4) is 0 Å². The van der Waals surface area contributed by atoms with Crippen LogP contribution in [0.4, 0.5) is 5.00 Å². The van der Waals surface area contributed by atoms with Gasteiger partial charge in [-0.2, -0.15) is 0 Å². The lowest BCUT2D eigenvalue weighted by Crippen LogP contribution is -2.23. The first kappa shape index (κ1) is 21.7. The minimum Gasteiger partial charge on any atom is -0.456 e. The van der Waals surface area contributed by atoms with Crippen molar-refractivity contribution in [2.45, 2.75) is 38.5 Å². The number of anilines is 1. The standard InChI is InChI=1S/C22H22N4O5S/c23-20(29)19-13-6-2-4-8-15(13)32-22(19)26-17(27)11-31-18(28)10-9-16-24-14-7-3-1-5-12(14)21(30)25-16/h1,3,5,7H,2,4,6,8-11H2,(H2,23,29)(H,26,27)(H,24,25,30). The molecule has 0 fully saturated rings. The molecule has 0 spiro atoms. The van der Waals surface area contributed by atoms with Crippen molar-refractivity contribution in [3.05, 3.63) is 56.4 Å². The summed E-state index contributed by atoms with van der Waals surface area (Å²) >= 11 is 1.35. The van der Waals surface area contributed by atoms with E-state index in [1.807, 2.05) is 0 Å². The average molecular weight is 455 g/mol. The summed E-state index contributed by atoms with van der Waals surface area (Å²) in [6.45, 7) is -0.485. The van der Waals surface area contributed by atoms with Crippen molar-refractivity contribution >= 4 is 45.0 Å². The van der Waals surface area contributed by atoms with Crippen molar-refractivity contribution in [1.29, 1.82) is 0 Å². The first-order chi connectivity index (χ1) is 15.4. The highest BCUT2D eigenvalue weighted by molar-refractivity contribution is 7.17. The molecule has 0 saturated heterocycles. The molecular formula is C22H22N4O5S. The Bertz CT molecular complexity index is 1260. The Hall–Kier alpha value is -3.53. The highest BCUT2D eigenvalue weighted by Crippen LogP contribution is 2.37. The van der Waals surface area contributed by atoms with E-state index in [2.05, 4.69) is 15.3 Å². The number of aryl methyl sites for hydroxylation is 2. The van der Waals surface area contributed by atoms with Crippen LogP contribution in [0, 0.1) is 0 Å². The summed E-state index contributed by atoms with van der Waals surface area (Å²) in [5, 5.41) is 3.53. The predicted octanol–water partition coefficient (Wildman–Crippen LogP) is 2.08. The molecule has 0 saturated carbocycles. The Morgan fingerprint density at radius 2 is 1.97 bits per heavy atom. The molecule has 4 rings (SSSR count). The zero-order valence-corrected chi connectivity index (χ0v) is 18.0. The maximum absolute atomic E-state index is 12.3. The summed E-state index contributed by atoms with van der Waals surface area (Å²) in [7, 11) is 0.